The Labute approximate surface area is 109 Å². The number of rotatable bonds is 6. The van der Waals surface area contributed by atoms with Crippen LogP contribution in [0.15, 0.2) is 0 Å². The van der Waals surface area contributed by atoms with Crippen molar-refractivity contribution in [2.45, 2.75) is 31.4 Å². The lowest BCUT2D eigenvalue weighted by Crippen LogP contribution is -2.41. The second-order valence-corrected chi connectivity index (χ2v) is 9.21. The van der Waals surface area contributed by atoms with Crippen molar-refractivity contribution in [3.05, 3.63) is 0 Å². The van der Waals surface area contributed by atoms with Gasteiger partial charge in [-0.05, 0) is 25.2 Å². The van der Waals surface area contributed by atoms with Crippen LogP contribution in [0.4, 0.5) is 0 Å². The first-order valence-corrected chi connectivity index (χ1v) is 9.43. The largest absolute Gasteiger partial charge is 0.396 e. The normalized spacial score (nSPS) is 22.8. The average molecular weight is 299 g/mol. The van der Waals surface area contributed by atoms with Gasteiger partial charge in [0, 0.05) is 13.2 Å². The van der Waals surface area contributed by atoms with Gasteiger partial charge in [-0.3, -0.25) is 0 Å². The lowest BCUT2D eigenvalue weighted by Gasteiger charge is -2.23. The Kier molecular flexibility index (Phi) is 5.57. The monoisotopic (exact) mass is 299 g/mol. The van der Waals surface area contributed by atoms with Crippen LogP contribution >= 0.6 is 0 Å². The summed E-state index contributed by atoms with van der Waals surface area (Å²) in [6.07, 6.45) is 0.889. The molecule has 0 radical (unpaired) electrons. The Morgan fingerprint density at radius 3 is 2.39 bits per heavy atom. The van der Waals surface area contributed by atoms with Crippen LogP contribution in [0, 0.1) is 5.92 Å². The predicted octanol–water partition coefficient (Wildman–Crippen LogP) is -0.498. The lowest BCUT2D eigenvalue weighted by atomic mass is 10.1. The smallest absolute Gasteiger partial charge is 0.214 e. The van der Waals surface area contributed by atoms with E-state index in [9.17, 15) is 16.8 Å². The summed E-state index contributed by atoms with van der Waals surface area (Å²) in [6, 6.07) is 0. The second kappa shape index (κ2) is 6.31. The van der Waals surface area contributed by atoms with E-state index in [1.165, 1.54) is 0 Å². The van der Waals surface area contributed by atoms with E-state index in [0.29, 0.717) is 6.42 Å². The van der Waals surface area contributed by atoms with Gasteiger partial charge in [-0.15, -0.1) is 0 Å². The molecule has 8 heteroatoms. The zero-order valence-electron chi connectivity index (χ0n) is 10.5. The van der Waals surface area contributed by atoms with Gasteiger partial charge in [0.25, 0.3) is 0 Å². The van der Waals surface area contributed by atoms with Crippen LogP contribution in [0.3, 0.4) is 0 Å². The van der Waals surface area contributed by atoms with Gasteiger partial charge in [0.2, 0.25) is 10.0 Å². The van der Waals surface area contributed by atoms with E-state index < -0.39 is 25.1 Å². The molecule has 108 valence electrons. The van der Waals surface area contributed by atoms with Crippen LogP contribution in [0.1, 0.15) is 26.2 Å². The van der Waals surface area contributed by atoms with Crippen LogP contribution in [0.25, 0.3) is 0 Å². The van der Waals surface area contributed by atoms with Crippen molar-refractivity contribution in [2.24, 2.45) is 5.92 Å². The summed E-state index contributed by atoms with van der Waals surface area (Å²) >= 11 is 0. The molecule has 0 aromatic carbocycles. The van der Waals surface area contributed by atoms with Gasteiger partial charge >= 0.3 is 0 Å². The molecule has 1 heterocycles. The minimum absolute atomic E-state index is 0.0323. The SMILES string of the molecule is CC(CCO)CNS(=O)(=O)C1CCS(=O)(=O)CC1. The standard InChI is InChI=1S/C10H21NO5S2/c1-9(2-5-12)8-11-18(15,16)10-3-6-17(13,14)7-4-10/h9-12H,2-8H2,1H3. The Balaban J connectivity index is 2.50. The summed E-state index contributed by atoms with van der Waals surface area (Å²) in [7, 11) is -6.48. The van der Waals surface area contributed by atoms with Crippen molar-refractivity contribution in [3.8, 4) is 0 Å². The quantitative estimate of drug-likeness (QED) is 0.689. The Bertz CT molecular complexity index is 443. The molecule has 0 aromatic rings. The van der Waals surface area contributed by atoms with Gasteiger partial charge in [0.15, 0.2) is 0 Å². The number of aliphatic hydroxyl groups excluding tert-OH is 1. The van der Waals surface area contributed by atoms with Gasteiger partial charge in [0.1, 0.15) is 9.84 Å². The molecule has 0 bridgehead atoms. The molecule has 1 aliphatic heterocycles. The highest BCUT2D eigenvalue weighted by Gasteiger charge is 2.32. The van der Waals surface area contributed by atoms with Crippen molar-refractivity contribution >= 4 is 19.9 Å². The fourth-order valence-corrected chi connectivity index (χ4v) is 5.28. The molecule has 1 saturated heterocycles. The number of hydrogen-bond acceptors (Lipinski definition) is 5. The third-order valence-electron chi connectivity index (χ3n) is 3.20. The third kappa shape index (κ3) is 4.83. The predicted molar refractivity (Wildman–Crippen MR) is 69.5 cm³/mol. The Morgan fingerprint density at radius 1 is 1.33 bits per heavy atom. The molecule has 18 heavy (non-hydrogen) atoms. The zero-order chi connectivity index (χ0) is 13.8. The zero-order valence-corrected chi connectivity index (χ0v) is 12.1. The van der Waals surface area contributed by atoms with E-state index in [2.05, 4.69) is 4.72 Å². The van der Waals surface area contributed by atoms with Gasteiger partial charge in [-0.2, -0.15) is 0 Å². The molecule has 0 aromatic heterocycles. The van der Waals surface area contributed by atoms with Crippen molar-refractivity contribution in [2.75, 3.05) is 24.7 Å². The molecule has 1 fully saturated rings. The molecule has 1 aliphatic rings. The van der Waals surface area contributed by atoms with E-state index in [-0.39, 0.29) is 43.4 Å². The number of sulfonamides is 1. The number of aliphatic hydroxyl groups is 1. The van der Waals surface area contributed by atoms with Crippen LogP contribution in [0.5, 0.6) is 0 Å². The van der Waals surface area contributed by atoms with E-state index >= 15 is 0 Å². The lowest BCUT2D eigenvalue weighted by molar-refractivity contribution is 0.263. The highest BCUT2D eigenvalue weighted by Crippen LogP contribution is 2.18. The maximum atomic E-state index is 11.9. The summed E-state index contributed by atoms with van der Waals surface area (Å²) in [5, 5.41) is 8.12. The fourth-order valence-electron chi connectivity index (χ4n) is 1.88. The first-order chi connectivity index (χ1) is 8.27. The molecule has 0 spiro atoms. The Hall–Kier alpha value is -0.180. The van der Waals surface area contributed by atoms with Crippen molar-refractivity contribution in [3.63, 3.8) is 0 Å². The molecule has 1 rings (SSSR count). The van der Waals surface area contributed by atoms with Crippen LogP contribution in [0.2, 0.25) is 0 Å². The number of hydrogen-bond donors (Lipinski definition) is 2. The summed E-state index contributed by atoms with van der Waals surface area (Å²) < 4.78 is 48.8. The number of nitrogens with one attached hydrogen (secondary N) is 1. The molecule has 0 saturated carbocycles. The maximum Gasteiger partial charge on any atom is 0.214 e. The highest BCUT2D eigenvalue weighted by molar-refractivity contribution is 7.92. The first kappa shape index (κ1) is 15.9. The van der Waals surface area contributed by atoms with E-state index in [1.807, 2.05) is 6.92 Å². The highest BCUT2D eigenvalue weighted by atomic mass is 32.2. The van der Waals surface area contributed by atoms with E-state index in [1.54, 1.807) is 0 Å². The molecule has 1 unspecified atom stereocenters. The van der Waals surface area contributed by atoms with E-state index in [4.69, 9.17) is 5.11 Å². The third-order valence-corrected chi connectivity index (χ3v) is 6.83. The van der Waals surface area contributed by atoms with Crippen molar-refractivity contribution in [1.82, 2.24) is 4.72 Å². The molecule has 6 nitrogen and oxygen atoms in total. The summed E-state index contributed by atoms with van der Waals surface area (Å²) in [6.45, 7) is 2.17. The summed E-state index contributed by atoms with van der Waals surface area (Å²) in [5.41, 5.74) is 0. The van der Waals surface area contributed by atoms with Crippen LogP contribution < -0.4 is 4.72 Å². The molecular weight excluding hydrogens is 278 g/mol. The fraction of sp³-hybridized carbons (Fsp3) is 1.00. The van der Waals surface area contributed by atoms with Gasteiger partial charge in [0.05, 0.1) is 16.8 Å². The maximum absolute atomic E-state index is 11.9. The first-order valence-electron chi connectivity index (χ1n) is 6.06. The minimum Gasteiger partial charge on any atom is -0.396 e. The summed E-state index contributed by atoms with van der Waals surface area (Å²) in [4.78, 5) is 0. The summed E-state index contributed by atoms with van der Waals surface area (Å²) in [5.74, 6) is -0.0349. The van der Waals surface area contributed by atoms with Crippen LogP contribution in [-0.4, -0.2) is 51.8 Å². The second-order valence-electron chi connectivity index (χ2n) is 4.86. The average Bonchev–Trinajstić information content (AvgIpc) is 2.26. The number of sulfone groups is 1. The van der Waals surface area contributed by atoms with Gasteiger partial charge in [-0.1, -0.05) is 6.92 Å². The van der Waals surface area contributed by atoms with Crippen LogP contribution in [-0.2, 0) is 19.9 Å². The molecule has 0 amide bonds. The minimum atomic E-state index is -3.44. The molecular formula is C10H21NO5S2. The van der Waals surface area contributed by atoms with Gasteiger partial charge < -0.3 is 5.11 Å². The Morgan fingerprint density at radius 2 is 1.89 bits per heavy atom. The molecule has 0 aliphatic carbocycles. The van der Waals surface area contributed by atoms with E-state index in [0.717, 1.165) is 0 Å². The molecule has 1 atom stereocenters. The topological polar surface area (TPSA) is 101 Å². The van der Waals surface area contributed by atoms with Crippen molar-refractivity contribution < 1.29 is 21.9 Å². The molecule has 2 N–H and O–H groups in total. The van der Waals surface area contributed by atoms with Crippen molar-refractivity contribution in [1.29, 1.82) is 0 Å². The van der Waals surface area contributed by atoms with Gasteiger partial charge in [-0.25, -0.2) is 21.6 Å².